The summed E-state index contributed by atoms with van der Waals surface area (Å²) >= 11 is 0. The first-order valence-corrected chi connectivity index (χ1v) is 6.86. The second-order valence-electron chi connectivity index (χ2n) is 5.57. The molecule has 0 spiro atoms. The van der Waals surface area contributed by atoms with Crippen LogP contribution in [0.25, 0.3) is 0 Å². The predicted molar refractivity (Wildman–Crippen MR) is 74.6 cm³/mol. The highest BCUT2D eigenvalue weighted by molar-refractivity contribution is 5.10. The highest BCUT2D eigenvalue weighted by Crippen LogP contribution is 2.16. The summed E-state index contributed by atoms with van der Waals surface area (Å²) in [6.45, 7) is 13.1. The third kappa shape index (κ3) is 5.19. The van der Waals surface area contributed by atoms with E-state index in [0.29, 0.717) is 6.61 Å². The molecular weight excluding hydrogens is 226 g/mol. The summed E-state index contributed by atoms with van der Waals surface area (Å²) in [6, 6.07) is 0.222. The van der Waals surface area contributed by atoms with Gasteiger partial charge in [-0.2, -0.15) is 5.10 Å². The molecule has 4 nitrogen and oxygen atoms in total. The van der Waals surface area contributed by atoms with Crippen molar-refractivity contribution in [3.05, 3.63) is 18.0 Å². The van der Waals surface area contributed by atoms with Crippen LogP contribution in [-0.4, -0.2) is 28.5 Å². The van der Waals surface area contributed by atoms with Gasteiger partial charge in [-0.1, -0.05) is 13.8 Å². The Labute approximate surface area is 111 Å². The largest absolute Gasteiger partial charge is 0.374 e. The van der Waals surface area contributed by atoms with Gasteiger partial charge < -0.3 is 10.1 Å². The molecule has 0 saturated heterocycles. The van der Waals surface area contributed by atoms with Crippen molar-refractivity contribution in [1.29, 1.82) is 0 Å². The molecule has 0 amide bonds. The molecule has 0 saturated carbocycles. The van der Waals surface area contributed by atoms with Gasteiger partial charge in [0.05, 0.1) is 24.4 Å². The SMILES string of the molecule is CCCn1cc(C(COC(C)(C)C)NCC)cn1. The minimum absolute atomic E-state index is 0.104. The zero-order valence-corrected chi connectivity index (χ0v) is 12.4. The molecule has 4 heteroatoms. The lowest BCUT2D eigenvalue weighted by Crippen LogP contribution is -2.30. The molecule has 1 rings (SSSR count). The second-order valence-corrected chi connectivity index (χ2v) is 5.57. The van der Waals surface area contributed by atoms with Crippen molar-refractivity contribution in [3.8, 4) is 0 Å². The molecule has 1 aromatic heterocycles. The number of hydrogen-bond acceptors (Lipinski definition) is 3. The molecule has 1 unspecified atom stereocenters. The standard InChI is InChI=1S/C14H27N3O/c1-6-8-17-10-12(9-16-17)13(15-7-2)11-18-14(3,4)5/h9-10,13,15H,6-8,11H2,1-5H3. The van der Waals surface area contributed by atoms with Crippen LogP contribution in [0.1, 0.15) is 52.6 Å². The molecule has 1 aromatic rings. The van der Waals surface area contributed by atoms with Gasteiger partial charge in [0.2, 0.25) is 0 Å². The number of hydrogen-bond donors (Lipinski definition) is 1. The lowest BCUT2D eigenvalue weighted by molar-refractivity contribution is -0.0146. The van der Waals surface area contributed by atoms with E-state index < -0.39 is 0 Å². The Balaban J connectivity index is 2.64. The summed E-state index contributed by atoms with van der Waals surface area (Å²) in [5.74, 6) is 0. The highest BCUT2D eigenvalue weighted by atomic mass is 16.5. The minimum Gasteiger partial charge on any atom is -0.374 e. The second kappa shape index (κ2) is 6.90. The minimum atomic E-state index is -0.104. The van der Waals surface area contributed by atoms with Crippen molar-refractivity contribution < 1.29 is 4.74 Å². The van der Waals surface area contributed by atoms with Crippen molar-refractivity contribution >= 4 is 0 Å². The number of ether oxygens (including phenoxy) is 1. The third-order valence-electron chi connectivity index (χ3n) is 2.64. The van der Waals surface area contributed by atoms with Crippen LogP contribution in [0.4, 0.5) is 0 Å². The molecule has 0 aliphatic heterocycles. The number of nitrogens with one attached hydrogen (secondary N) is 1. The predicted octanol–water partition coefficient (Wildman–Crippen LogP) is 2.76. The molecule has 0 aliphatic carbocycles. The Kier molecular flexibility index (Phi) is 5.82. The number of aryl methyl sites for hydroxylation is 1. The molecule has 104 valence electrons. The first-order chi connectivity index (χ1) is 8.46. The lowest BCUT2D eigenvalue weighted by atomic mass is 10.1. The molecule has 0 radical (unpaired) electrons. The fraction of sp³-hybridized carbons (Fsp3) is 0.786. The van der Waals surface area contributed by atoms with Crippen molar-refractivity contribution in [3.63, 3.8) is 0 Å². The summed E-state index contributed by atoms with van der Waals surface area (Å²) in [4.78, 5) is 0. The Morgan fingerprint density at radius 1 is 1.39 bits per heavy atom. The summed E-state index contributed by atoms with van der Waals surface area (Å²) in [5, 5.41) is 7.82. The van der Waals surface area contributed by atoms with E-state index in [0.717, 1.165) is 19.5 Å². The van der Waals surface area contributed by atoms with E-state index in [4.69, 9.17) is 4.74 Å². The van der Waals surface area contributed by atoms with Gasteiger partial charge in [0, 0.05) is 18.3 Å². The number of likely N-dealkylation sites (N-methyl/N-ethyl adjacent to an activating group) is 1. The van der Waals surface area contributed by atoms with Crippen molar-refractivity contribution in [2.45, 2.75) is 59.2 Å². The molecule has 0 fully saturated rings. The van der Waals surface area contributed by atoms with E-state index in [1.807, 2.05) is 10.9 Å². The monoisotopic (exact) mass is 253 g/mol. The van der Waals surface area contributed by atoms with Crippen molar-refractivity contribution in [2.24, 2.45) is 0 Å². The number of aromatic nitrogens is 2. The molecule has 18 heavy (non-hydrogen) atoms. The smallest absolute Gasteiger partial charge is 0.0669 e. The van der Waals surface area contributed by atoms with E-state index >= 15 is 0 Å². The zero-order valence-electron chi connectivity index (χ0n) is 12.4. The number of nitrogens with zero attached hydrogens (tertiary/aromatic N) is 2. The molecule has 1 heterocycles. The van der Waals surface area contributed by atoms with Crippen LogP contribution in [0.5, 0.6) is 0 Å². The van der Waals surface area contributed by atoms with Crippen LogP contribution in [0.2, 0.25) is 0 Å². The molecule has 0 bridgehead atoms. The fourth-order valence-corrected chi connectivity index (χ4v) is 1.76. The van der Waals surface area contributed by atoms with Crippen LogP contribution in [0.3, 0.4) is 0 Å². The van der Waals surface area contributed by atoms with E-state index in [-0.39, 0.29) is 11.6 Å². The quantitative estimate of drug-likeness (QED) is 0.812. The van der Waals surface area contributed by atoms with Gasteiger partial charge in [0.25, 0.3) is 0 Å². The van der Waals surface area contributed by atoms with Gasteiger partial charge in [0.15, 0.2) is 0 Å². The first-order valence-electron chi connectivity index (χ1n) is 6.86. The first kappa shape index (κ1) is 15.2. The molecule has 1 atom stereocenters. The maximum atomic E-state index is 5.87. The lowest BCUT2D eigenvalue weighted by Gasteiger charge is -2.24. The summed E-state index contributed by atoms with van der Waals surface area (Å²) in [7, 11) is 0. The molecule has 1 N–H and O–H groups in total. The van der Waals surface area contributed by atoms with Crippen LogP contribution in [-0.2, 0) is 11.3 Å². The normalized spacial score (nSPS) is 13.8. The van der Waals surface area contributed by atoms with Gasteiger partial charge in [-0.15, -0.1) is 0 Å². The van der Waals surface area contributed by atoms with Gasteiger partial charge in [0.1, 0.15) is 0 Å². The third-order valence-corrected chi connectivity index (χ3v) is 2.64. The summed E-state index contributed by atoms with van der Waals surface area (Å²) in [5.41, 5.74) is 1.10. The maximum Gasteiger partial charge on any atom is 0.0669 e. The molecule has 0 aromatic carbocycles. The summed E-state index contributed by atoms with van der Waals surface area (Å²) in [6.07, 6.45) is 5.16. The maximum absolute atomic E-state index is 5.87. The van der Waals surface area contributed by atoms with Gasteiger partial charge in [-0.3, -0.25) is 4.68 Å². The van der Waals surface area contributed by atoms with Gasteiger partial charge >= 0.3 is 0 Å². The van der Waals surface area contributed by atoms with E-state index in [1.54, 1.807) is 0 Å². The Hall–Kier alpha value is -0.870. The van der Waals surface area contributed by atoms with E-state index in [1.165, 1.54) is 5.56 Å². The number of rotatable bonds is 7. The molecular formula is C14H27N3O. The highest BCUT2D eigenvalue weighted by Gasteiger charge is 2.17. The van der Waals surface area contributed by atoms with Crippen LogP contribution >= 0.6 is 0 Å². The zero-order chi connectivity index (χ0) is 13.6. The topological polar surface area (TPSA) is 39.1 Å². The molecule has 0 aliphatic rings. The van der Waals surface area contributed by atoms with Crippen LogP contribution < -0.4 is 5.32 Å². The van der Waals surface area contributed by atoms with Gasteiger partial charge in [-0.05, 0) is 33.7 Å². The average molecular weight is 253 g/mol. The average Bonchev–Trinajstić information content (AvgIpc) is 2.72. The van der Waals surface area contributed by atoms with Crippen LogP contribution in [0, 0.1) is 0 Å². The fourth-order valence-electron chi connectivity index (χ4n) is 1.76. The van der Waals surface area contributed by atoms with Crippen molar-refractivity contribution in [2.75, 3.05) is 13.2 Å². The van der Waals surface area contributed by atoms with Crippen LogP contribution in [0.15, 0.2) is 12.4 Å². The van der Waals surface area contributed by atoms with Crippen molar-refractivity contribution in [1.82, 2.24) is 15.1 Å². The Morgan fingerprint density at radius 3 is 2.67 bits per heavy atom. The Bertz CT molecular complexity index is 341. The van der Waals surface area contributed by atoms with E-state index in [9.17, 15) is 0 Å². The Morgan fingerprint density at radius 2 is 2.11 bits per heavy atom. The van der Waals surface area contributed by atoms with E-state index in [2.05, 4.69) is 51.2 Å². The summed E-state index contributed by atoms with van der Waals surface area (Å²) < 4.78 is 7.86. The van der Waals surface area contributed by atoms with Gasteiger partial charge in [-0.25, -0.2) is 0 Å².